The third-order valence-corrected chi connectivity index (χ3v) is 7.68. The second-order valence-electron chi connectivity index (χ2n) is 9.05. The number of nitrogens with one attached hydrogen (secondary N) is 2. The Morgan fingerprint density at radius 3 is 2.12 bits per heavy atom. The Morgan fingerprint density at radius 2 is 1.58 bits per heavy atom. The van der Waals surface area contributed by atoms with Gasteiger partial charge >= 0.3 is 5.97 Å². The van der Waals surface area contributed by atoms with Gasteiger partial charge in [-0.1, -0.05) is 18.6 Å². The molecule has 1 saturated carbocycles. The fourth-order valence-electron chi connectivity index (χ4n) is 4.08. The maximum absolute atomic E-state index is 13.2. The van der Waals surface area contributed by atoms with E-state index in [9.17, 15) is 19.5 Å². The number of hydrogen-bond acceptors (Lipinski definition) is 4. The molecule has 0 aliphatic heterocycles. The molecule has 1 aliphatic rings. The van der Waals surface area contributed by atoms with Crippen molar-refractivity contribution in [2.75, 3.05) is 31.2 Å². The van der Waals surface area contributed by atoms with Gasteiger partial charge in [0.15, 0.2) is 0 Å². The van der Waals surface area contributed by atoms with Crippen LogP contribution in [0.25, 0.3) is 0 Å². The van der Waals surface area contributed by atoms with Crippen molar-refractivity contribution in [3.8, 4) is 5.75 Å². The number of carboxylic acids is 1. The second kappa shape index (κ2) is 10.3. The molecular formula is C25H32N2O5S. The predicted molar refractivity (Wildman–Crippen MR) is 131 cm³/mol. The Kier molecular flexibility index (Phi) is 7.68. The highest BCUT2D eigenvalue weighted by Crippen LogP contribution is 2.45. The Morgan fingerprint density at radius 1 is 0.970 bits per heavy atom. The summed E-state index contributed by atoms with van der Waals surface area (Å²) in [5, 5.41) is 15.1. The summed E-state index contributed by atoms with van der Waals surface area (Å²) < 4.78 is 5.20. The van der Waals surface area contributed by atoms with E-state index in [1.165, 1.54) is 4.90 Å². The Hall–Kier alpha value is -3.00. The minimum Gasteiger partial charge on any atom is -0.497 e. The van der Waals surface area contributed by atoms with Crippen LogP contribution in [0.1, 0.15) is 30.9 Å². The van der Waals surface area contributed by atoms with E-state index in [0.717, 1.165) is 0 Å². The monoisotopic (exact) mass is 472 g/mol. The lowest BCUT2D eigenvalue weighted by Gasteiger charge is -2.26. The molecule has 2 aromatic rings. The van der Waals surface area contributed by atoms with Crippen LogP contribution >= 0.6 is 10.0 Å². The topological polar surface area (TPSA) is 105 Å². The number of carboxylic acid groups (broad SMARTS) is 1. The maximum Gasteiger partial charge on any atom is 0.307 e. The summed E-state index contributed by atoms with van der Waals surface area (Å²) in [6.07, 6.45) is 8.23. The third-order valence-electron chi connectivity index (χ3n) is 6.00. The van der Waals surface area contributed by atoms with Crippen molar-refractivity contribution >= 4 is 33.5 Å². The first-order chi connectivity index (χ1) is 15.6. The van der Waals surface area contributed by atoms with Crippen molar-refractivity contribution < 1.29 is 24.2 Å². The van der Waals surface area contributed by atoms with E-state index in [0.29, 0.717) is 36.3 Å². The summed E-state index contributed by atoms with van der Waals surface area (Å²) in [5.41, 5.74) is 1.21. The lowest BCUT2D eigenvalue weighted by atomic mass is 9.94. The standard InChI is InChI=1S/C25H32N2O5S/c1-32-18-12-8-16(9-13-18)22(27-23(28)20-6-5-7-21(20)25(30)31)24(29)26-17-10-14-19(15-11-17)33(2,3)4/h8-15,20-22H,5-7H2,1-4H3,(H,26,29)(H,27,28)(H,30,31)/t20-,21+,22?/m1/s1. The first-order valence-electron chi connectivity index (χ1n) is 10.9. The molecule has 7 nitrogen and oxygen atoms in total. The molecular weight excluding hydrogens is 440 g/mol. The molecule has 3 N–H and O–H groups in total. The minimum absolute atomic E-state index is 0.394. The van der Waals surface area contributed by atoms with Gasteiger partial charge in [0.05, 0.1) is 18.9 Å². The number of hydrogen-bond donors (Lipinski definition) is 3. The van der Waals surface area contributed by atoms with Crippen LogP contribution in [-0.4, -0.2) is 48.8 Å². The Bertz CT molecular complexity index is 999. The van der Waals surface area contributed by atoms with E-state index in [-0.39, 0.29) is 0 Å². The largest absolute Gasteiger partial charge is 0.497 e. The van der Waals surface area contributed by atoms with Crippen LogP contribution in [0.5, 0.6) is 5.75 Å². The number of aliphatic carboxylic acids is 1. The van der Waals surface area contributed by atoms with Gasteiger partial charge in [0, 0.05) is 5.69 Å². The quantitative estimate of drug-likeness (QED) is 0.538. The van der Waals surface area contributed by atoms with Crippen LogP contribution in [0.2, 0.25) is 0 Å². The van der Waals surface area contributed by atoms with E-state index >= 15 is 0 Å². The van der Waals surface area contributed by atoms with E-state index < -0.39 is 45.7 Å². The number of anilines is 1. The molecule has 2 amide bonds. The predicted octanol–water partition coefficient (Wildman–Crippen LogP) is 4.05. The number of carbonyl (C=O) groups is 3. The van der Waals surface area contributed by atoms with Gasteiger partial charge in [-0.2, -0.15) is 0 Å². The van der Waals surface area contributed by atoms with Crippen molar-refractivity contribution in [2.24, 2.45) is 11.8 Å². The fourth-order valence-corrected chi connectivity index (χ4v) is 5.03. The van der Waals surface area contributed by atoms with Crippen molar-refractivity contribution in [3.63, 3.8) is 0 Å². The van der Waals surface area contributed by atoms with E-state index in [2.05, 4.69) is 29.4 Å². The normalized spacial score (nSPS) is 19.4. The number of rotatable bonds is 8. The van der Waals surface area contributed by atoms with Gasteiger partial charge in [-0.05, 0) is 78.5 Å². The summed E-state index contributed by atoms with van der Waals surface area (Å²) >= 11 is 0. The highest BCUT2D eigenvalue weighted by Gasteiger charge is 2.39. The highest BCUT2D eigenvalue weighted by molar-refractivity contribution is 8.32. The molecule has 0 bridgehead atoms. The lowest BCUT2D eigenvalue weighted by Crippen LogP contribution is -2.42. The van der Waals surface area contributed by atoms with Crippen molar-refractivity contribution in [3.05, 3.63) is 54.1 Å². The zero-order chi connectivity index (χ0) is 24.2. The van der Waals surface area contributed by atoms with Crippen LogP contribution in [0.3, 0.4) is 0 Å². The lowest BCUT2D eigenvalue weighted by molar-refractivity contribution is -0.146. The molecule has 0 radical (unpaired) electrons. The van der Waals surface area contributed by atoms with Crippen LogP contribution in [0.4, 0.5) is 5.69 Å². The minimum atomic E-state index is -0.973. The zero-order valence-electron chi connectivity index (χ0n) is 19.5. The molecule has 0 saturated heterocycles. The van der Waals surface area contributed by atoms with E-state index in [1.54, 1.807) is 31.4 Å². The Labute approximate surface area is 196 Å². The van der Waals surface area contributed by atoms with Gasteiger partial charge in [-0.25, -0.2) is 10.0 Å². The molecule has 3 atom stereocenters. The molecule has 2 aromatic carbocycles. The van der Waals surface area contributed by atoms with Gasteiger partial charge < -0.3 is 20.5 Å². The van der Waals surface area contributed by atoms with Crippen molar-refractivity contribution in [1.82, 2.24) is 5.32 Å². The molecule has 178 valence electrons. The summed E-state index contributed by atoms with van der Waals surface area (Å²) in [7, 11) is 0.670. The number of methoxy groups -OCH3 is 1. The average molecular weight is 473 g/mol. The van der Waals surface area contributed by atoms with Gasteiger partial charge in [0.2, 0.25) is 5.91 Å². The molecule has 1 fully saturated rings. The summed E-state index contributed by atoms with van der Waals surface area (Å²) in [6, 6.07) is 13.6. The molecule has 0 spiro atoms. The molecule has 0 aromatic heterocycles. The second-order valence-corrected chi connectivity index (χ2v) is 13.2. The molecule has 1 aliphatic carbocycles. The number of benzene rings is 2. The summed E-state index contributed by atoms with van der Waals surface area (Å²) in [5.74, 6) is -2.52. The number of ether oxygens (including phenoxy) is 1. The summed E-state index contributed by atoms with van der Waals surface area (Å²) in [4.78, 5) is 39.0. The fraction of sp³-hybridized carbons (Fsp3) is 0.400. The van der Waals surface area contributed by atoms with Gasteiger partial charge in [-0.15, -0.1) is 0 Å². The SMILES string of the molecule is COc1ccc(C(NC(=O)[C@@H]2CCC[C@@H]2C(=O)O)C(=O)Nc2ccc(S(C)(C)C)cc2)cc1. The van der Waals surface area contributed by atoms with Crippen LogP contribution < -0.4 is 15.4 Å². The molecule has 8 heteroatoms. The van der Waals surface area contributed by atoms with Crippen LogP contribution in [-0.2, 0) is 14.4 Å². The molecule has 3 rings (SSSR count). The van der Waals surface area contributed by atoms with E-state index in [1.807, 2.05) is 24.3 Å². The molecule has 1 unspecified atom stereocenters. The number of carbonyl (C=O) groups excluding carboxylic acids is 2. The smallest absolute Gasteiger partial charge is 0.307 e. The van der Waals surface area contributed by atoms with Gasteiger partial charge in [0.25, 0.3) is 5.91 Å². The third kappa shape index (κ3) is 6.07. The Balaban J connectivity index is 1.82. The van der Waals surface area contributed by atoms with E-state index in [4.69, 9.17) is 4.74 Å². The van der Waals surface area contributed by atoms with Crippen LogP contribution in [0.15, 0.2) is 53.4 Å². The van der Waals surface area contributed by atoms with Crippen LogP contribution in [0, 0.1) is 11.8 Å². The van der Waals surface area contributed by atoms with Gasteiger partial charge in [0.1, 0.15) is 11.8 Å². The maximum atomic E-state index is 13.2. The van der Waals surface area contributed by atoms with Gasteiger partial charge in [-0.3, -0.25) is 14.4 Å². The summed E-state index contributed by atoms with van der Waals surface area (Å²) in [6.45, 7) is 0. The highest BCUT2D eigenvalue weighted by atomic mass is 32.3. The zero-order valence-corrected chi connectivity index (χ0v) is 20.3. The van der Waals surface area contributed by atoms with Crippen molar-refractivity contribution in [2.45, 2.75) is 30.2 Å². The first kappa shape index (κ1) is 24.6. The number of amides is 2. The first-order valence-corrected chi connectivity index (χ1v) is 13.7. The molecule has 0 heterocycles. The molecule has 33 heavy (non-hydrogen) atoms. The average Bonchev–Trinajstić information content (AvgIpc) is 3.28. The van der Waals surface area contributed by atoms with Crippen molar-refractivity contribution in [1.29, 1.82) is 0 Å².